The van der Waals surface area contributed by atoms with E-state index in [1.165, 1.54) is 6.07 Å². The number of aryl methyl sites for hydroxylation is 2. The average Bonchev–Trinajstić information content (AvgIpc) is 2.58. The number of nitrogens with one attached hydrogen (secondary N) is 1. The van der Waals surface area contributed by atoms with Gasteiger partial charge >= 0.3 is 0 Å². The molecule has 2 aromatic rings. The number of fused-ring (bicyclic) bond motifs is 1. The first-order valence-corrected chi connectivity index (χ1v) is 5.61. The maximum Gasteiger partial charge on any atom is 0.132 e. The molecular formula is C13H17FN2. The van der Waals surface area contributed by atoms with Gasteiger partial charge in [0.05, 0.1) is 5.52 Å². The Kier molecular flexibility index (Phi) is 3.25. The summed E-state index contributed by atoms with van der Waals surface area (Å²) in [6, 6.07) is 5.25. The van der Waals surface area contributed by atoms with E-state index in [1.807, 2.05) is 30.9 Å². The number of hydrogen-bond donors (Lipinski definition) is 1. The first-order valence-electron chi connectivity index (χ1n) is 5.61. The molecule has 0 aliphatic heterocycles. The minimum atomic E-state index is -0.113. The highest BCUT2D eigenvalue weighted by Gasteiger charge is 2.09. The second kappa shape index (κ2) is 4.66. The van der Waals surface area contributed by atoms with Gasteiger partial charge in [-0.05, 0) is 44.1 Å². The molecule has 0 amide bonds. The van der Waals surface area contributed by atoms with Crippen LogP contribution in [0, 0.1) is 5.82 Å². The van der Waals surface area contributed by atoms with E-state index in [1.54, 1.807) is 6.07 Å². The van der Waals surface area contributed by atoms with Crippen molar-refractivity contribution >= 4 is 10.9 Å². The highest BCUT2D eigenvalue weighted by Crippen LogP contribution is 2.24. The van der Waals surface area contributed by atoms with Crippen molar-refractivity contribution in [3.8, 4) is 0 Å². The summed E-state index contributed by atoms with van der Waals surface area (Å²) in [4.78, 5) is 0. The average molecular weight is 220 g/mol. The molecule has 0 atom stereocenters. The Morgan fingerprint density at radius 2 is 2.19 bits per heavy atom. The van der Waals surface area contributed by atoms with E-state index in [-0.39, 0.29) is 5.82 Å². The fraction of sp³-hybridized carbons (Fsp3) is 0.385. The molecule has 0 aliphatic rings. The second-order valence-corrected chi connectivity index (χ2v) is 4.11. The van der Waals surface area contributed by atoms with Crippen LogP contribution in [-0.2, 0) is 13.5 Å². The fourth-order valence-electron chi connectivity index (χ4n) is 2.14. The van der Waals surface area contributed by atoms with Crippen molar-refractivity contribution < 1.29 is 4.39 Å². The number of aromatic nitrogens is 1. The number of halogens is 1. The first-order chi connectivity index (χ1) is 7.74. The van der Waals surface area contributed by atoms with Gasteiger partial charge in [-0.2, -0.15) is 0 Å². The highest BCUT2D eigenvalue weighted by molar-refractivity contribution is 5.84. The quantitative estimate of drug-likeness (QED) is 0.783. The van der Waals surface area contributed by atoms with Gasteiger partial charge in [0.15, 0.2) is 0 Å². The van der Waals surface area contributed by atoms with E-state index >= 15 is 0 Å². The van der Waals surface area contributed by atoms with Gasteiger partial charge in [0.1, 0.15) is 5.82 Å². The third-order valence-electron chi connectivity index (χ3n) is 2.92. The summed E-state index contributed by atoms with van der Waals surface area (Å²) in [5, 5.41) is 3.89. The predicted molar refractivity (Wildman–Crippen MR) is 65.1 cm³/mol. The van der Waals surface area contributed by atoms with Gasteiger partial charge in [0, 0.05) is 18.6 Å². The van der Waals surface area contributed by atoms with Gasteiger partial charge in [0.2, 0.25) is 0 Å². The zero-order valence-corrected chi connectivity index (χ0v) is 9.76. The third kappa shape index (κ3) is 1.95. The van der Waals surface area contributed by atoms with Crippen LogP contribution in [0.4, 0.5) is 4.39 Å². The SMILES string of the molecule is CNCCCc1cn(C)c2cccc(F)c12. The highest BCUT2D eigenvalue weighted by atomic mass is 19.1. The molecule has 1 N–H and O–H groups in total. The molecule has 0 spiro atoms. The zero-order valence-electron chi connectivity index (χ0n) is 9.76. The van der Waals surface area contributed by atoms with E-state index in [0.29, 0.717) is 0 Å². The van der Waals surface area contributed by atoms with Crippen molar-refractivity contribution in [3.63, 3.8) is 0 Å². The molecule has 0 aliphatic carbocycles. The maximum atomic E-state index is 13.7. The van der Waals surface area contributed by atoms with Crippen LogP contribution in [0.2, 0.25) is 0 Å². The summed E-state index contributed by atoms with van der Waals surface area (Å²) < 4.78 is 15.7. The summed E-state index contributed by atoms with van der Waals surface area (Å²) in [6.07, 6.45) is 3.98. The lowest BCUT2D eigenvalue weighted by Crippen LogP contribution is -2.08. The Labute approximate surface area is 95.1 Å². The van der Waals surface area contributed by atoms with Crippen LogP contribution in [-0.4, -0.2) is 18.2 Å². The van der Waals surface area contributed by atoms with Gasteiger partial charge in [0.25, 0.3) is 0 Å². The molecule has 3 heteroatoms. The van der Waals surface area contributed by atoms with Crippen molar-refractivity contribution in [3.05, 3.63) is 35.8 Å². The van der Waals surface area contributed by atoms with Gasteiger partial charge in [-0.25, -0.2) is 4.39 Å². The van der Waals surface area contributed by atoms with Gasteiger partial charge in [-0.15, -0.1) is 0 Å². The fourth-order valence-corrected chi connectivity index (χ4v) is 2.14. The number of benzene rings is 1. The van der Waals surface area contributed by atoms with Crippen molar-refractivity contribution in [1.82, 2.24) is 9.88 Å². The van der Waals surface area contributed by atoms with E-state index in [0.717, 1.165) is 35.9 Å². The van der Waals surface area contributed by atoms with Crippen molar-refractivity contribution in [2.24, 2.45) is 7.05 Å². The first kappa shape index (κ1) is 11.1. The van der Waals surface area contributed by atoms with Crippen LogP contribution in [0.1, 0.15) is 12.0 Å². The van der Waals surface area contributed by atoms with E-state index in [4.69, 9.17) is 0 Å². The topological polar surface area (TPSA) is 17.0 Å². The molecule has 16 heavy (non-hydrogen) atoms. The van der Waals surface area contributed by atoms with Gasteiger partial charge in [-0.3, -0.25) is 0 Å². The molecular weight excluding hydrogens is 203 g/mol. The van der Waals surface area contributed by atoms with Crippen LogP contribution >= 0.6 is 0 Å². The number of hydrogen-bond acceptors (Lipinski definition) is 1. The Bertz CT molecular complexity index is 488. The number of nitrogens with zero attached hydrogens (tertiary/aromatic N) is 1. The Balaban J connectivity index is 2.37. The lowest BCUT2D eigenvalue weighted by Gasteiger charge is -2.00. The molecule has 2 rings (SSSR count). The lowest BCUT2D eigenvalue weighted by atomic mass is 10.1. The Hall–Kier alpha value is -1.35. The molecule has 0 saturated heterocycles. The van der Waals surface area contributed by atoms with E-state index < -0.39 is 0 Å². The molecule has 0 bridgehead atoms. The molecule has 1 aromatic heterocycles. The van der Waals surface area contributed by atoms with Crippen molar-refractivity contribution in [2.75, 3.05) is 13.6 Å². The Morgan fingerprint density at radius 3 is 2.94 bits per heavy atom. The summed E-state index contributed by atoms with van der Waals surface area (Å²) in [5.74, 6) is -0.113. The summed E-state index contributed by atoms with van der Waals surface area (Å²) in [7, 11) is 3.90. The van der Waals surface area contributed by atoms with Crippen LogP contribution in [0.5, 0.6) is 0 Å². The number of rotatable bonds is 4. The molecule has 0 radical (unpaired) electrons. The molecule has 86 valence electrons. The minimum absolute atomic E-state index is 0.113. The van der Waals surface area contributed by atoms with E-state index in [9.17, 15) is 4.39 Å². The lowest BCUT2D eigenvalue weighted by molar-refractivity contribution is 0.638. The van der Waals surface area contributed by atoms with Crippen LogP contribution in [0.25, 0.3) is 10.9 Å². The zero-order chi connectivity index (χ0) is 11.5. The molecule has 0 unspecified atom stereocenters. The van der Waals surface area contributed by atoms with E-state index in [2.05, 4.69) is 5.32 Å². The van der Waals surface area contributed by atoms with Crippen molar-refractivity contribution in [1.29, 1.82) is 0 Å². The van der Waals surface area contributed by atoms with Crippen molar-refractivity contribution in [2.45, 2.75) is 12.8 Å². The molecule has 1 heterocycles. The largest absolute Gasteiger partial charge is 0.350 e. The Morgan fingerprint density at radius 1 is 1.38 bits per heavy atom. The predicted octanol–water partition coefficient (Wildman–Crippen LogP) is 2.47. The van der Waals surface area contributed by atoms with Crippen LogP contribution in [0.15, 0.2) is 24.4 Å². The molecule has 2 nitrogen and oxygen atoms in total. The monoisotopic (exact) mass is 220 g/mol. The molecule has 0 saturated carbocycles. The van der Waals surface area contributed by atoms with Crippen LogP contribution < -0.4 is 5.32 Å². The maximum absolute atomic E-state index is 13.7. The normalized spacial score (nSPS) is 11.2. The smallest absolute Gasteiger partial charge is 0.132 e. The summed E-state index contributed by atoms with van der Waals surface area (Å²) in [6.45, 7) is 0.963. The van der Waals surface area contributed by atoms with Gasteiger partial charge < -0.3 is 9.88 Å². The van der Waals surface area contributed by atoms with Gasteiger partial charge in [-0.1, -0.05) is 6.07 Å². The standard InChI is InChI=1S/C13H17FN2/c1-15-8-4-5-10-9-16(2)12-7-3-6-11(14)13(10)12/h3,6-7,9,15H,4-5,8H2,1-2H3. The minimum Gasteiger partial charge on any atom is -0.350 e. The molecule has 1 aromatic carbocycles. The van der Waals surface area contributed by atoms with Crippen LogP contribution in [0.3, 0.4) is 0 Å². The second-order valence-electron chi connectivity index (χ2n) is 4.11. The third-order valence-corrected chi connectivity index (χ3v) is 2.92. The summed E-state index contributed by atoms with van der Waals surface area (Å²) >= 11 is 0. The molecule has 0 fully saturated rings. The summed E-state index contributed by atoms with van der Waals surface area (Å²) in [5.41, 5.74) is 2.07.